The summed E-state index contributed by atoms with van der Waals surface area (Å²) in [5.41, 5.74) is 1.06. The molecule has 0 aromatic carbocycles. The SMILES string of the molecule is CN=C(NCCNS(=O)(=O)c1ccc(Cl)s1)NCCc1ccc(Cl)nc1. The Labute approximate surface area is 166 Å². The van der Waals surface area contributed by atoms with Crippen LogP contribution < -0.4 is 15.4 Å². The van der Waals surface area contributed by atoms with Gasteiger partial charge < -0.3 is 10.6 Å². The molecule has 142 valence electrons. The van der Waals surface area contributed by atoms with Crippen LogP contribution in [0.1, 0.15) is 5.56 Å². The second-order valence-electron chi connectivity index (χ2n) is 5.12. The van der Waals surface area contributed by atoms with Gasteiger partial charge in [-0.1, -0.05) is 29.3 Å². The fourth-order valence-electron chi connectivity index (χ4n) is 1.98. The molecule has 0 aliphatic carbocycles. The molecule has 2 rings (SSSR count). The van der Waals surface area contributed by atoms with Gasteiger partial charge in [0.1, 0.15) is 9.36 Å². The smallest absolute Gasteiger partial charge is 0.250 e. The summed E-state index contributed by atoms with van der Waals surface area (Å²) in [6, 6.07) is 6.70. The molecule has 0 aliphatic rings. The molecule has 2 aromatic heterocycles. The number of guanidine groups is 1. The zero-order chi connectivity index (χ0) is 19.0. The van der Waals surface area contributed by atoms with E-state index < -0.39 is 10.0 Å². The third kappa shape index (κ3) is 6.73. The van der Waals surface area contributed by atoms with Gasteiger partial charge in [0.25, 0.3) is 0 Å². The highest BCUT2D eigenvalue weighted by Crippen LogP contribution is 2.25. The largest absolute Gasteiger partial charge is 0.356 e. The molecule has 0 bridgehead atoms. The van der Waals surface area contributed by atoms with Gasteiger partial charge in [-0.25, -0.2) is 18.1 Å². The van der Waals surface area contributed by atoms with E-state index in [0.29, 0.717) is 28.5 Å². The van der Waals surface area contributed by atoms with Crippen molar-refractivity contribution in [2.45, 2.75) is 10.6 Å². The number of halogens is 2. The van der Waals surface area contributed by atoms with E-state index in [0.717, 1.165) is 23.3 Å². The minimum absolute atomic E-state index is 0.196. The lowest BCUT2D eigenvalue weighted by molar-refractivity contribution is 0.582. The number of hydrogen-bond donors (Lipinski definition) is 3. The molecular weight excluding hydrogens is 417 g/mol. The van der Waals surface area contributed by atoms with Crippen LogP contribution in [-0.2, 0) is 16.4 Å². The topological polar surface area (TPSA) is 95.5 Å². The Kier molecular flexibility index (Phi) is 8.11. The number of sulfonamides is 1. The molecule has 7 nitrogen and oxygen atoms in total. The van der Waals surface area contributed by atoms with E-state index in [2.05, 4.69) is 25.3 Å². The lowest BCUT2D eigenvalue weighted by atomic mass is 10.2. The van der Waals surface area contributed by atoms with Crippen molar-refractivity contribution >= 4 is 50.5 Å². The molecular formula is C15H19Cl2N5O2S2. The average molecular weight is 436 g/mol. The normalized spacial score (nSPS) is 12.2. The molecule has 0 fully saturated rings. The molecule has 11 heteroatoms. The van der Waals surface area contributed by atoms with Crippen molar-refractivity contribution in [3.63, 3.8) is 0 Å². The van der Waals surface area contributed by atoms with Crippen molar-refractivity contribution in [1.29, 1.82) is 0 Å². The number of pyridine rings is 1. The highest BCUT2D eigenvalue weighted by atomic mass is 35.5. The van der Waals surface area contributed by atoms with Gasteiger partial charge in [0.2, 0.25) is 10.0 Å². The summed E-state index contributed by atoms with van der Waals surface area (Å²) >= 11 is 12.5. The maximum absolute atomic E-state index is 12.1. The average Bonchev–Trinajstić information content (AvgIpc) is 3.06. The van der Waals surface area contributed by atoms with Crippen LogP contribution in [0.2, 0.25) is 9.49 Å². The van der Waals surface area contributed by atoms with Crippen LogP contribution in [0.4, 0.5) is 0 Å². The van der Waals surface area contributed by atoms with Crippen molar-refractivity contribution in [2.75, 3.05) is 26.7 Å². The number of nitrogens with one attached hydrogen (secondary N) is 3. The second kappa shape index (κ2) is 10.1. The molecule has 2 aromatic rings. The zero-order valence-electron chi connectivity index (χ0n) is 14.0. The maximum Gasteiger partial charge on any atom is 0.250 e. The summed E-state index contributed by atoms with van der Waals surface area (Å²) in [5.74, 6) is 0.588. The number of thiophene rings is 1. The van der Waals surface area contributed by atoms with Crippen LogP contribution in [0.5, 0.6) is 0 Å². The minimum Gasteiger partial charge on any atom is -0.356 e. The monoisotopic (exact) mass is 435 g/mol. The predicted octanol–water partition coefficient (Wildman–Crippen LogP) is 2.14. The van der Waals surface area contributed by atoms with E-state index in [1.807, 2.05) is 6.07 Å². The third-order valence-corrected chi connectivity index (χ3v) is 6.65. The van der Waals surface area contributed by atoms with Gasteiger partial charge in [-0.15, -0.1) is 11.3 Å². The highest BCUT2D eigenvalue weighted by molar-refractivity contribution is 7.91. The fourth-order valence-corrected chi connectivity index (χ4v) is 4.65. The van der Waals surface area contributed by atoms with Crippen LogP contribution in [0.3, 0.4) is 0 Å². The first-order valence-corrected chi connectivity index (χ1v) is 10.8. The minimum atomic E-state index is -3.53. The Morgan fingerprint density at radius 2 is 1.92 bits per heavy atom. The van der Waals surface area contributed by atoms with Crippen LogP contribution in [0.15, 0.2) is 39.7 Å². The molecule has 0 radical (unpaired) electrons. The van der Waals surface area contributed by atoms with E-state index in [1.54, 1.807) is 25.4 Å². The first kappa shape index (κ1) is 20.9. The number of rotatable bonds is 8. The lowest BCUT2D eigenvalue weighted by Crippen LogP contribution is -2.42. The van der Waals surface area contributed by atoms with Crippen molar-refractivity contribution in [2.24, 2.45) is 4.99 Å². The zero-order valence-corrected chi connectivity index (χ0v) is 17.1. The van der Waals surface area contributed by atoms with Gasteiger partial charge in [-0.3, -0.25) is 4.99 Å². The number of aromatic nitrogens is 1. The van der Waals surface area contributed by atoms with Crippen molar-refractivity contribution in [3.8, 4) is 0 Å². The summed E-state index contributed by atoms with van der Waals surface area (Å²) in [6.45, 7) is 1.27. The first-order chi connectivity index (χ1) is 12.4. The molecule has 0 saturated heterocycles. The predicted molar refractivity (Wildman–Crippen MR) is 107 cm³/mol. The van der Waals surface area contributed by atoms with Crippen molar-refractivity contribution in [3.05, 3.63) is 45.5 Å². The van der Waals surface area contributed by atoms with Gasteiger partial charge in [-0.2, -0.15) is 0 Å². The number of aliphatic imine (C=N–C) groups is 1. The quantitative estimate of drug-likeness (QED) is 0.255. The Hall–Kier alpha value is -1.39. The van der Waals surface area contributed by atoms with Crippen molar-refractivity contribution < 1.29 is 8.42 Å². The van der Waals surface area contributed by atoms with Crippen molar-refractivity contribution in [1.82, 2.24) is 20.3 Å². The molecule has 0 amide bonds. The first-order valence-electron chi connectivity index (χ1n) is 7.70. The molecule has 0 aliphatic heterocycles. The van der Waals surface area contributed by atoms with Crippen LogP contribution in [-0.4, -0.2) is 46.0 Å². The summed E-state index contributed by atoms with van der Waals surface area (Å²) in [4.78, 5) is 8.12. The van der Waals surface area contributed by atoms with Crippen LogP contribution in [0.25, 0.3) is 0 Å². The van der Waals surface area contributed by atoms with Gasteiger partial charge in [0.15, 0.2) is 5.96 Å². The molecule has 0 atom stereocenters. The summed E-state index contributed by atoms with van der Waals surface area (Å²) in [7, 11) is -1.88. The fraction of sp³-hybridized carbons (Fsp3) is 0.333. The van der Waals surface area contributed by atoms with Gasteiger partial charge >= 0.3 is 0 Å². The van der Waals surface area contributed by atoms with E-state index in [-0.39, 0.29) is 10.8 Å². The van der Waals surface area contributed by atoms with E-state index >= 15 is 0 Å². The van der Waals surface area contributed by atoms with Crippen LogP contribution >= 0.6 is 34.5 Å². The maximum atomic E-state index is 12.1. The highest BCUT2D eigenvalue weighted by Gasteiger charge is 2.15. The van der Waals surface area contributed by atoms with Gasteiger partial charge in [0.05, 0.1) is 4.34 Å². The molecule has 0 saturated carbocycles. The standard InChI is InChI=1S/C15H19Cl2N5O2S2/c1-18-15(19-7-6-11-2-3-12(16)21-10-11)20-8-9-22-26(23,24)14-5-4-13(17)25-14/h2-5,10,22H,6-9H2,1H3,(H2,18,19,20). The Bertz CT molecular complexity index is 838. The molecule has 2 heterocycles. The van der Waals surface area contributed by atoms with E-state index in [1.165, 1.54) is 6.07 Å². The molecule has 3 N–H and O–H groups in total. The van der Waals surface area contributed by atoms with Gasteiger partial charge in [-0.05, 0) is 30.2 Å². The van der Waals surface area contributed by atoms with Gasteiger partial charge in [0, 0.05) is 32.9 Å². The number of hydrogen-bond acceptors (Lipinski definition) is 5. The molecule has 26 heavy (non-hydrogen) atoms. The molecule has 0 spiro atoms. The van der Waals surface area contributed by atoms with Crippen LogP contribution in [0, 0.1) is 0 Å². The third-order valence-electron chi connectivity index (χ3n) is 3.24. The number of nitrogens with zero attached hydrogens (tertiary/aromatic N) is 2. The van der Waals surface area contributed by atoms with E-state index in [9.17, 15) is 8.42 Å². The second-order valence-corrected chi connectivity index (χ2v) is 9.22. The molecule has 0 unspecified atom stereocenters. The lowest BCUT2D eigenvalue weighted by Gasteiger charge is -2.12. The Balaban J connectivity index is 1.69. The Morgan fingerprint density at radius 1 is 1.15 bits per heavy atom. The summed E-state index contributed by atoms with van der Waals surface area (Å²) in [6.07, 6.45) is 2.49. The summed E-state index contributed by atoms with van der Waals surface area (Å²) in [5, 5.41) is 6.66. The summed E-state index contributed by atoms with van der Waals surface area (Å²) < 4.78 is 27.3. The van der Waals surface area contributed by atoms with E-state index in [4.69, 9.17) is 23.2 Å². The Morgan fingerprint density at radius 3 is 2.54 bits per heavy atom.